The Balaban J connectivity index is 2.50. The lowest BCUT2D eigenvalue weighted by atomic mass is 10.1. The summed E-state index contributed by atoms with van der Waals surface area (Å²) in [6, 6.07) is 8.59. The molecule has 1 aromatic carbocycles. The van der Waals surface area contributed by atoms with Crippen LogP contribution in [0.2, 0.25) is 0 Å². The zero-order valence-electron chi connectivity index (χ0n) is 7.70. The number of H-pyrrole nitrogens is 1. The lowest BCUT2D eigenvalue weighted by Gasteiger charge is -2.02. The van der Waals surface area contributed by atoms with E-state index in [4.69, 9.17) is 5.73 Å². The predicted octanol–water partition coefficient (Wildman–Crippen LogP) is 1.78. The summed E-state index contributed by atoms with van der Waals surface area (Å²) in [6.45, 7) is 0. The quantitative estimate of drug-likeness (QED) is 0.773. The maximum atomic E-state index is 10.8. The first-order chi connectivity index (χ1) is 7.16. The molecule has 1 heterocycles. The van der Waals surface area contributed by atoms with E-state index in [1.54, 1.807) is 12.1 Å². The zero-order chi connectivity index (χ0) is 10.8. The van der Waals surface area contributed by atoms with Crippen molar-refractivity contribution in [2.24, 2.45) is 0 Å². The maximum absolute atomic E-state index is 10.8. The van der Waals surface area contributed by atoms with Gasteiger partial charge in [-0.3, -0.25) is 4.79 Å². The second-order valence-electron chi connectivity index (χ2n) is 3.04. The van der Waals surface area contributed by atoms with Crippen LogP contribution < -0.4 is 11.3 Å². The summed E-state index contributed by atoms with van der Waals surface area (Å²) in [5.41, 5.74) is 7.72. The molecule has 2 rings (SSSR count). The number of aromatic nitrogens is 2. The number of nitrogens with one attached hydrogen (secondary N) is 1. The van der Waals surface area contributed by atoms with Crippen LogP contribution in [0.1, 0.15) is 0 Å². The average Bonchev–Trinajstić information content (AvgIpc) is 2.23. The number of halogens is 1. The van der Waals surface area contributed by atoms with Crippen molar-refractivity contribution in [1.82, 2.24) is 10.2 Å². The van der Waals surface area contributed by atoms with E-state index in [2.05, 4.69) is 26.1 Å². The summed E-state index contributed by atoms with van der Waals surface area (Å²) in [5.74, 6) is 0. The minimum absolute atomic E-state index is 0.215. The van der Waals surface area contributed by atoms with E-state index in [9.17, 15) is 4.79 Å². The van der Waals surface area contributed by atoms with Crippen LogP contribution in [0.5, 0.6) is 0 Å². The molecule has 1 aromatic heterocycles. The minimum atomic E-state index is -0.215. The van der Waals surface area contributed by atoms with Gasteiger partial charge in [-0.25, -0.2) is 5.10 Å². The Morgan fingerprint density at radius 2 is 2.07 bits per heavy atom. The topological polar surface area (TPSA) is 71.8 Å². The number of hydrogen-bond donors (Lipinski definition) is 2. The standard InChI is InChI=1S/C10H8BrN3O/c11-7-5-6(1-2-8(7)12)9-3-4-10(15)14-13-9/h1-5H,12H2,(H,14,15). The first-order valence-corrected chi connectivity index (χ1v) is 5.07. The molecule has 4 nitrogen and oxygen atoms in total. The first-order valence-electron chi connectivity index (χ1n) is 4.28. The predicted molar refractivity (Wildman–Crippen MR) is 62.4 cm³/mol. The summed E-state index contributed by atoms with van der Waals surface area (Å²) >= 11 is 3.33. The first kappa shape index (κ1) is 9.92. The molecule has 0 aliphatic heterocycles. The number of nitrogens with two attached hydrogens (primary N) is 1. The summed E-state index contributed by atoms with van der Waals surface area (Å²) in [5, 5.41) is 6.30. The normalized spacial score (nSPS) is 10.2. The van der Waals surface area contributed by atoms with E-state index in [-0.39, 0.29) is 5.56 Å². The number of benzene rings is 1. The average molecular weight is 266 g/mol. The van der Waals surface area contributed by atoms with Crippen LogP contribution in [0.25, 0.3) is 11.3 Å². The van der Waals surface area contributed by atoms with Crippen molar-refractivity contribution in [2.45, 2.75) is 0 Å². The Kier molecular flexibility index (Phi) is 2.55. The minimum Gasteiger partial charge on any atom is -0.398 e. The van der Waals surface area contributed by atoms with Crippen molar-refractivity contribution in [1.29, 1.82) is 0 Å². The lowest BCUT2D eigenvalue weighted by Crippen LogP contribution is -2.05. The fraction of sp³-hybridized carbons (Fsp3) is 0. The molecule has 0 radical (unpaired) electrons. The molecule has 15 heavy (non-hydrogen) atoms. The summed E-state index contributed by atoms with van der Waals surface area (Å²) in [4.78, 5) is 10.8. The zero-order valence-corrected chi connectivity index (χ0v) is 9.28. The molecule has 0 saturated carbocycles. The van der Waals surface area contributed by atoms with Crippen molar-refractivity contribution < 1.29 is 0 Å². The molecule has 0 fully saturated rings. The fourth-order valence-corrected chi connectivity index (χ4v) is 1.57. The van der Waals surface area contributed by atoms with E-state index in [1.165, 1.54) is 6.07 Å². The Morgan fingerprint density at radius 3 is 2.67 bits per heavy atom. The van der Waals surface area contributed by atoms with E-state index >= 15 is 0 Å². The van der Waals surface area contributed by atoms with Gasteiger partial charge in [-0.2, -0.15) is 5.10 Å². The van der Waals surface area contributed by atoms with Crippen LogP contribution in [0.4, 0.5) is 5.69 Å². The van der Waals surface area contributed by atoms with Crippen LogP contribution in [0, 0.1) is 0 Å². The third kappa shape index (κ3) is 2.07. The SMILES string of the molecule is Nc1ccc(-c2ccc(=O)[nH]n2)cc1Br. The highest BCUT2D eigenvalue weighted by atomic mass is 79.9. The van der Waals surface area contributed by atoms with Gasteiger partial charge in [-0.05, 0) is 34.1 Å². The number of aromatic amines is 1. The molecule has 0 bridgehead atoms. The van der Waals surface area contributed by atoms with Crippen LogP contribution in [-0.2, 0) is 0 Å². The third-order valence-corrected chi connectivity index (χ3v) is 2.66. The van der Waals surface area contributed by atoms with Crippen LogP contribution in [0.15, 0.2) is 39.6 Å². The van der Waals surface area contributed by atoms with Crippen molar-refractivity contribution >= 4 is 21.6 Å². The number of anilines is 1. The lowest BCUT2D eigenvalue weighted by molar-refractivity contribution is 0.995. The second-order valence-corrected chi connectivity index (χ2v) is 3.90. The van der Waals surface area contributed by atoms with Crippen molar-refractivity contribution in [2.75, 3.05) is 5.73 Å². The Labute approximate surface area is 94.3 Å². The van der Waals surface area contributed by atoms with Gasteiger partial charge in [0.15, 0.2) is 0 Å². The van der Waals surface area contributed by atoms with E-state index in [0.717, 1.165) is 10.0 Å². The summed E-state index contributed by atoms with van der Waals surface area (Å²) in [6.07, 6.45) is 0. The van der Waals surface area contributed by atoms with Gasteiger partial charge in [0.05, 0.1) is 5.69 Å². The molecular formula is C10H8BrN3O. The van der Waals surface area contributed by atoms with Gasteiger partial charge >= 0.3 is 0 Å². The Hall–Kier alpha value is -1.62. The third-order valence-electron chi connectivity index (χ3n) is 1.98. The molecular weight excluding hydrogens is 258 g/mol. The van der Waals surface area contributed by atoms with E-state index in [0.29, 0.717) is 11.4 Å². The van der Waals surface area contributed by atoms with Crippen molar-refractivity contribution in [3.63, 3.8) is 0 Å². The van der Waals surface area contributed by atoms with E-state index in [1.807, 2.05) is 12.1 Å². The molecule has 0 atom stereocenters. The van der Waals surface area contributed by atoms with Crippen molar-refractivity contribution in [3.05, 3.63) is 45.2 Å². The largest absolute Gasteiger partial charge is 0.398 e. The molecule has 0 unspecified atom stereocenters. The highest BCUT2D eigenvalue weighted by molar-refractivity contribution is 9.10. The number of nitrogen functional groups attached to an aromatic ring is 1. The maximum Gasteiger partial charge on any atom is 0.264 e. The molecule has 0 saturated heterocycles. The van der Waals surface area contributed by atoms with Gasteiger partial charge in [-0.15, -0.1) is 0 Å². The molecule has 0 aliphatic rings. The van der Waals surface area contributed by atoms with Gasteiger partial charge in [0, 0.05) is 21.8 Å². The Bertz CT molecular complexity index is 530. The van der Waals surface area contributed by atoms with Gasteiger partial charge in [0.2, 0.25) is 0 Å². The molecule has 76 valence electrons. The molecule has 2 aromatic rings. The monoisotopic (exact) mass is 265 g/mol. The van der Waals surface area contributed by atoms with Crippen LogP contribution in [0.3, 0.4) is 0 Å². The highest BCUT2D eigenvalue weighted by Crippen LogP contribution is 2.25. The van der Waals surface area contributed by atoms with Gasteiger partial charge in [-0.1, -0.05) is 6.07 Å². The van der Waals surface area contributed by atoms with Gasteiger partial charge in [0.25, 0.3) is 5.56 Å². The molecule has 0 amide bonds. The summed E-state index contributed by atoms with van der Waals surface area (Å²) < 4.78 is 0.813. The number of hydrogen-bond acceptors (Lipinski definition) is 3. The molecule has 3 N–H and O–H groups in total. The van der Waals surface area contributed by atoms with Gasteiger partial charge < -0.3 is 5.73 Å². The smallest absolute Gasteiger partial charge is 0.264 e. The van der Waals surface area contributed by atoms with Crippen LogP contribution in [-0.4, -0.2) is 10.2 Å². The second kappa shape index (κ2) is 3.86. The summed E-state index contributed by atoms with van der Waals surface area (Å²) in [7, 11) is 0. The fourth-order valence-electron chi connectivity index (χ4n) is 1.19. The number of rotatable bonds is 1. The molecule has 0 aliphatic carbocycles. The highest BCUT2D eigenvalue weighted by Gasteiger charge is 2.02. The van der Waals surface area contributed by atoms with Crippen molar-refractivity contribution in [3.8, 4) is 11.3 Å². The van der Waals surface area contributed by atoms with E-state index < -0.39 is 0 Å². The van der Waals surface area contributed by atoms with Gasteiger partial charge in [0.1, 0.15) is 0 Å². The molecule has 5 heteroatoms. The molecule has 0 spiro atoms. The Morgan fingerprint density at radius 1 is 1.27 bits per heavy atom. The number of nitrogens with zero attached hydrogens (tertiary/aromatic N) is 1. The van der Waals surface area contributed by atoms with Crippen LogP contribution >= 0.6 is 15.9 Å².